The summed E-state index contributed by atoms with van der Waals surface area (Å²) in [5.41, 5.74) is -0.559. The second kappa shape index (κ2) is 7.66. The van der Waals surface area contributed by atoms with Crippen molar-refractivity contribution in [2.45, 2.75) is 13.0 Å². The number of benzene rings is 1. The Morgan fingerprint density at radius 3 is 2.33 bits per heavy atom. The zero-order valence-electron chi connectivity index (χ0n) is 9.89. The molecule has 0 spiro atoms. The molecule has 0 radical (unpaired) electrons. The molecule has 0 bridgehead atoms. The lowest BCUT2D eigenvalue weighted by atomic mass is 10.2. The lowest BCUT2D eigenvalue weighted by molar-refractivity contribution is 0.0942. The van der Waals surface area contributed by atoms with Gasteiger partial charge < -0.3 is 10.6 Å². The Hall–Kier alpha value is -0.720. The predicted octanol–water partition coefficient (Wildman–Crippen LogP) is 2.49. The van der Waals surface area contributed by atoms with Crippen LogP contribution >= 0.6 is 28.3 Å². The highest BCUT2D eigenvalue weighted by Gasteiger charge is 2.18. The fourth-order valence-electron chi connectivity index (χ4n) is 1.20. The first-order valence-corrected chi connectivity index (χ1v) is 5.85. The molecule has 1 rings (SSSR count). The van der Waals surface area contributed by atoms with Crippen LogP contribution in [0.3, 0.4) is 0 Å². The van der Waals surface area contributed by atoms with Gasteiger partial charge in [-0.2, -0.15) is 0 Å². The largest absolute Gasteiger partial charge is 0.350 e. The van der Waals surface area contributed by atoms with E-state index in [1.807, 2.05) is 6.92 Å². The Kier molecular flexibility index (Phi) is 7.35. The molecule has 0 aromatic heterocycles. The maximum atomic E-state index is 13.4. The summed E-state index contributed by atoms with van der Waals surface area (Å²) in [7, 11) is 1.73. The second-order valence-corrected chi connectivity index (χ2v) is 4.56. The van der Waals surface area contributed by atoms with Gasteiger partial charge in [-0.15, -0.1) is 12.4 Å². The van der Waals surface area contributed by atoms with Crippen LogP contribution in [0.5, 0.6) is 0 Å². The van der Waals surface area contributed by atoms with Gasteiger partial charge in [0.15, 0.2) is 0 Å². The number of likely N-dealkylation sites (N-methyl/N-ethyl adjacent to an activating group) is 1. The normalized spacial score (nSPS) is 11.6. The maximum absolute atomic E-state index is 13.4. The van der Waals surface area contributed by atoms with Gasteiger partial charge in [0.25, 0.3) is 5.91 Å². The molecule has 0 saturated carbocycles. The van der Waals surface area contributed by atoms with Gasteiger partial charge in [0.1, 0.15) is 17.2 Å². The average molecular weight is 344 g/mol. The lowest BCUT2D eigenvalue weighted by Gasteiger charge is -2.12. The summed E-state index contributed by atoms with van der Waals surface area (Å²) in [5, 5.41) is 5.35. The average Bonchev–Trinajstić information content (AvgIpc) is 2.24. The third-order valence-electron chi connectivity index (χ3n) is 2.30. The number of carbonyl (C=O) groups excluding carboxylic acids is 1. The van der Waals surface area contributed by atoms with Crippen LogP contribution < -0.4 is 10.6 Å². The summed E-state index contributed by atoms with van der Waals surface area (Å²) >= 11 is 2.95. The highest BCUT2D eigenvalue weighted by molar-refractivity contribution is 9.10. The molecule has 1 aromatic rings. The second-order valence-electron chi connectivity index (χ2n) is 3.64. The van der Waals surface area contributed by atoms with E-state index in [0.717, 1.165) is 12.1 Å². The van der Waals surface area contributed by atoms with E-state index < -0.39 is 23.1 Å². The van der Waals surface area contributed by atoms with Gasteiger partial charge in [-0.25, -0.2) is 8.78 Å². The fourth-order valence-corrected chi connectivity index (χ4v) is 1.60. The third-order valence-corrected chi connectivity index (χ3v) is 2.75. The van der Waals surface area contributed by atoms with Crippen molar-refractivity contribution < 1.29 is 13.6 Å². The van der Waals surface area contributed by atoms with Gasteiger partial charge in [-0.3, -0.25) is 4.79 Å². The molecule has 102 valence electrons. The molecule has 1 atom stereocenters. The van der Waals surface area contributed by atoms with Crippen LogP contribution in [0.15, 0.2) is 16.6 Å². The molecule has 0 heterocycles. The van der Waals surface area contributed by atoms with Crippen molar-refractivity contribution in [2.75, 3.05) is 13.6 Å². The van der Waals surface area contributed by atoms with Crippen molar-refractivity contribution in [3.05, 3.63) is 33.8 Å². The van der Waals surface area contributed by atoms with Crippen molar-refractivity contribution in [3.63, 3.8) is 0 Å². The molecule has 0 aliphatic rings. The summed E-state index contributed by atoms with van der Waals surface area (Å²) in [5.74, 6) is -2.52. The molecule has 2 N–H and O–H groups in total. The van der Waals surface area contributed by atoms with Gasteiger partial charge in [0, 0.05) is 17.1 Å². The number of nitrogens with one attached hydrogen (secondary N) is 2. The van der Waals surface area contributed by atoms with E-state index in [4.69, 9.17) is 0 Å². The lowest BCUT2D eigenvalue weighted by Crippen LogP contribution is -2.37. The summed E-state index contributed by atoms with van der Waals surface area (Å²) in [6.07, 6.45) is 0. The summed E-state index contributed by atoms with van der Waals surface area (Å²) in [6.45, 7) is 2.14. The van der Waals surface area contributed by atoms with Crippen LogP contribution in [0.25, 0.3) is 0 Å². The van der Waals surface area contributed by atoms with Crippen LogP contribution in [0, 0.1) is 11.6 Å². The van der Waals surface area contributed by atoms with Crippen LogP contribution in [0.4, 0.5) is 8.78 Å². The minimum Gasteiger partial charge on any atom is -0.350 e. The fraction of sp³-hybridized carbons (Fsp3) is 0.364. The molecular weight excluding hydrogens is 329 g/mol. The maximum Gasteiger partial charge on any atom is 0.257 e. The molecule has 0 aliphatic heterocycles. The minimum absolute atomic E-state index is 0. The van der Waals surface area contributed by atoms with E-state index in [0.29, 0.717) is 6.54 Å². The molecule has 18 heavy (non-hydrogen) atoms. The van der Waals surface area contributed by atoms with Crippen molar-refractivity contribution >= 4 is 34.2 Å². The Labute approximate surface area is 119 Å². The summed E-state index contributed by atoms with van der Waals surface area (Å²) in [4.78, 5) is 11.6. The van der Waals surface area contributed by atoms with Crippen molar-refractivity contribution in [1.29, 1.82) is 0 Å². The number of rotatable bonds is 4. The highest BCUT2D eigenvalue weighted by Crippen LogP contribution is 2.19. The molecule has 1 amide bonds. The standard InChI is InChI=1S/C11H13BrF2N2O.ClH/c1-6(15-2)5-16-11(17)10-8(13)3-7(12)4-9(10)14;/h3-4,6,15H,5H2,1-2H3,(H,16,17);1H. The number of hydrogen-bond acceptors (Lipinski definition) is 2. The van der Waals surface area contributed by atoms with E-state index in [1.54, 1.807) is 7.05 Å². The highest BCUT2D eigenvalue weighted by atomic mass is 79.9. The summed E-state index contributed by atoms with van der Waals surface area (Å²) in [6, 6.07) is 2.14. The first kappa shape index (κ1) is 17.3. The number of carbonyl (C=O) groups is 1. The molecular formula is C11H14BrClF2N2O. The SMILES string of the molecule is CNC(C)CNC(=O)c1c(F)cc(Br)cc1F.Cl. The van der Waals surface area contributed by atoms with Crippen molar-refractivity contribution in [3.8, 4) is 0 Å². The first-order chi connectivity index (χ1) is 7.95. The molecule has 0 saturated heterocycles. The topological polar surface area (TPSA) is 41.1 Å². The van der Waals surface area contributed by atoms with Gasteiger partial charge in [0.05, 0.1) is 0 Å². The number of amides is 1. The van der Waals surface area contributed by atoms with E-state index in [2.05, 4.69) is 26.6 Å². The van der Waals surface area contributed by atoms with Gasteiger partial charge in [-0.1, -0.05) is 15.9 Å². The van der Waals surface area contributed by atoms with Crippen LogP contribution in [0.2, 0.25) is 0 Å². The molecule has 7 heteroatoms. The number of halogens is 4. The Bertz CT molecular complexity index is 408. The summed E-state index contributed by atoms with van der Waals surface area (Å²) < 4.78 is 27.1. The molecule has 3 nitrogen and oxygen atoms in total. The smallest absolute Gasteiger partial charge is 0.257 e. The van der Waals surface area contributed by atoms with E-state index in [9.17, 15) is 13.6 Å². The van der Waals surface area contributed by atoms with Crippen molar-refractivity contribution in [1.82, 2.24) is 10.6 Å². The van der Waals surface area contributed by atoms with Crippen LogP contribution in [0.1, 0.15) is 17.3 Å². The quantitative estimate of drug-likeness (QED) is 0.882. The van der Waals surface area contributed by atoms with Crippen LogP contribution in [-0.4, -0.2) is 25.5 Å². The van der Waals surface area contributed by atoms with Gasteiger partial charge in [-0.05, 0) is 26.1 Å². The van der Waals surface area contributed by atoms with Gasteiger partial charge in [0.2, 0.25) is 0 Å². The van der Waals surface area contributed by atoms with Crippen LogP contribution in [-0.2, 0) is 0 Å². The van der Waals surface area contributed by atoms with E-state index in [1.165, 1.54) is 0 Å². The zero-order valence-corrected chi connectivity index (χ0v) is 12.3. The number of hydrogen-bond donors (Lipinski definition) is 2. The monoisotopic (exact) mass is 342 g/mol. The first-order valence-electron chi connectivity index (χ1n) is 5.05. The van der Waals surface area contributed by atoms with Gasteiger partial charge >= 0.3 is 0 Å². The van der Waals surface area contributed by atoms with E-state index in [-0.39, 0.29) is 22.9 Å². The Morgan fingerprint density at radius 1 is 1.39 bits per heavy atom. The minimum atomic E-state index is -0.883. The zero-order chi connectivity index (χ0) is 13.0. The molecule has 1 unspecified atom stereocenters. The Balaban J connectivity index is 0.00000289. The molecule has 1 aromatic carbocycles. The Morgan fingerprint density at radius 2 is 1.89 bits per heavy atom. The predicted molar refractivity (Wildman–Crippen MR) is 72.2 cm³/mol. The van der Waals surface area contributed by atoms with Crippen molar-refractivity contribution in [2.24, 2.45) is 0 Å². The molecule has 0 fully saturated rings. The third kappa shape index (κ3) is 4.51. The molecule has 0 aliphatic carbocycles. The van der Waals surface area contributed by atoms with E-state index >= 15 is 0 Å².